The third kappa shape index (κ3) is 5.19. The molecule has 1 N–H and O–H groups in total. The quantitative estimate of drug-likeness (QED) is 0.478. The van der Waals surface area contributed by atoms with Crippen LogP contribution in [0.1, 0.15) is 13.8 Å². The predicted molar refractivity (Wildman–Crippen MR) is 117 cm³/mol. The normalized spacial score (nSPS) is 11.4. The summed E-state index contributed by atoms with van der Waals surface area (Å²) in [5.41, 5.74) is 0. The van der Waals surface area contributed by atoms with Crippen molar-refractivity contribution >= 4 is 27.6 Å². The first-order chi connectivity index (χ1) is 14.9. The van der Waals surface area contributed by atoms with E-state index in [4.69, 9.17) is 21.1 Å². The zero-order valence-electron chi connectivity index (χ0n) is 17.1. The number of methoxy groups -OCH3 is 1. The number of hydrogen-bond donors (Lipinski definition) is 1. The Kier molecular flexibility index (Phi) is 7.21. The molecule has 0 radical (unpaired) electrons. The van der Waals surface area contributed by atoms with Crippen LogP contribution in [-0.2, 0) is 10.2 Å². The number of benzene rings is 1. The number of aromatic nitrogens is 4. The highest BCUT2D eigenvalue weighted by Crippen LogP contribution is 2.39. The smallest absolute Gasteiger partial charge is 0.302 e. The van der Waals surface area contributed by atoms with Crippen LogP contribution in [0, 0.1) is 0 Å². The van der Waals surface area contributed by atoms with Crippen molar-refractivity contribution in [2.75, 3.05) is 24.9 Å². The Labute approximate surface area is 185 Å². The highest BCUT2D eigenvalue weighted by atomic mass is 35.5. The molecule has 10 nitrogen and oxygen atoms in total. The van der Waals surface area contributed by atoms with Crippen LogP contribution in [0.4, 0.5) is 5.82 Å². The summed E-state index contributed by atoms with van der Waals surface area (Å²) < 4.78 is 40.5. The first-order valence-electron chi connectivity index (χ1n) is 9.33. The molecule has 0 saturated carbocycles. The lowest BCUT2D eigenvalue weighted by Gasteiger charge is -2.21. The number of para-hydroxylation sites is 2. The molecule has 2 heterocycles. The van der Waals surface area contributed by atoms with E-state index in [2.05, 4.69) is 24.7 Å². The lowest BCUT2D eigenvalue weighted by atomic mass is 10.3. The molecule has 0 aliphatic rings. The van der Waals surface area contributed by atoms with Crippen LogP contribution in [0.2, 0.25) is 5.15 Å². The van der Waals surface area contributed by atoms with Crippen molar-refractivity contribution in [3.05, 3.63) is 47.9 Å². The fourth-order valence-corrected chi connectivity index (χ4v) is 4.06. The standard InChI is InChI=1S/C19H21ClN6O4S/c1-4-26(5-2)31(27,28)25-17-15(30-14-10-7-6-9-13(14)29-3)16(20)23-19(24-17)18-21-11-8-12-22-18/h6-12H,4-5H2,1-3H3,(H,23,24,25). The second kappa shape index (κ2) is 9.86. The van der Waals surface area contributed by atoms with Gasteiger partial charge in [-0.3, -0.25) is 4.72 Å². The van der Waals surface area contributed by atoms with Gasteiger partial charge in [0, 0.05) is 25.5 Å². The minimum atomic E-state index is -3.94. The molecule has 31 heavy (non-hydrogen) atoms. The molecule has 0 spiro atoms. The van der Waals surface area contributed by atoms with Crippen LogP contribution in [-0.4, -0.2) is 52.9 Å². The van der Waals surface area contributed by atoms with Crippen molar-refractivity contribution in [3.63, 3.8) is 0 Å². The maximum absolute atomic E-state index is 12.8. The second-order valence-electron chi connectivity index (χ2n) is 6.03. The second-order valence-corrected chi connectivity index (χ2v) is 8.06. The third-order valence-corrected chi connectivity index (χ3v) is 6.05. The van der Waals surface area contributed by atoms with Crippen molar-refractivity contribution in [2.24, 2.45) is 0 Å². The lowest BCUT2D eigenvalue weighted by Crippen LogP contribution is -2.35. The molecule has 2 aromatic heterocycles. The van der Waals surface area contributed by atoms with Gasteiger partial charge in [0.15, 0.2) is 28.3 Å². The Hall–Kier alpha value is -3.02. The number of hydrogen-bond acceptors (Lipinski definition) is 8. The van der Waals surface area contributed by atoms with Crippen molar-refractivity contribution in [3.8, 4) is 28.9 Å². The molecule has 3 aromatic rings. The van der Waals surface area contributed by atoms with Gasteiger partial charge in [-0.05, 0) is 18.2 Å². The van der Waals surface area contributed by atoms with Gasteiger partial charge >= 0.3 is 10.2 Å². The van der Waals surface area contributed by atoms with Gasteiger partial charge < -0.3 is 9.47 Å². The van der Waals surface area contributed by atoms with Gasteiger partial charge in [-0.1, -0.05) is 37.6 Å². The van der Waals surface area contributed by atoms with Crippen LogP contribution in [0.15, 0.2) is 42.7 Å². The van der Waals surface area contributed by atoms with E-state index in [0.717, 1.165) is 0 Å². The van der Waals surface area contributed by atoms with E-state index in [1.54, 1.807) is 44.2 Å². The van der Waals surface area contributed by atoms with E-state index >= 15 is 0 Å². The number of anilines is 1. The van der Waals surface area contributed by atoms with Crippen molar-refractivity contribution in [2.45, 2.75) is 13.8 Å². The minimum absolute atomic E-state index is 0.0372. The predicted octanol–water partition coefficient (Wildman–Crippen LogP) is 3.39. The summed E-state index contributed by atoms with van der Waals surface area (Å²) in [4.78, 5) is 16.7. The van der Waals surface area contributed by atoms with Crippen LogP contribution < -0.4 is 14.2 Å². The summed E-state index contributed by atoms with van der Waals surface area (Å²) in [6, 6.07) is 8.47. The average molecular weight is 465 g/mol. The SMILES string of the molecule is CCN(CC)S(=O)(=O)Nc1nc(-c2ncccn2)nc(Cl)c1Oc1ccccc1OC. The van der Waals surface area contributed by atoms with Gasteiger partial charge in [-0.2, -0.15) is 12.7 Å². The van der Waals surface area contributed by atoms with Gasteiger partial charge in [-0.25, -0.2) is 19.9 Å². The molecular formula is C19H21ClN6O4S. The van der Waals surface area contributed by atoms with Gasteiger partial charge in [0.2, 0.25) is 11.6 Å². The summed E-state index contributed by atoms with van der Waals surface area (Å²) in [5, 5.41) is -0.124. The Bertz CT molecular complexity index is 1140. The molecule has 3 rings (SSSR count). The number of halogens is 1. The summed E-state index contributed by atoms with van der Waals surface area (Å²) in [6.45, 7) is 3.99. The van der Waals surface area contributed by atoms with Crippen LogP contribution in [0.5, 0.6) is 17.2 Å². The molecule has 0 aliphatic carbocycles. The summed E-state index contributed by atoms with van der Waals surface area (Å²) in [5.74, 6) is 0.711. The first kappa shape index (κ1) is 22.7. The summed E-state index contributed by atoms with van der Waals surface area (Å²) in [6.07, 6.45) is 3.02. The molecular weight excluding hydrogens is 444 g/mol. The molecule has 0 unspecified atom stereocenters. The Balaban J connectivity index is 2.12. The highest BCUT2D eigenvalue weighted by Gasteiger charge is 2.25. The maximum Gasteiger partial charge on any atom is 0.302 e. The molecule has 0 bridgehead atoms. The van der Waals surface area contributed by atoms with Gasteiger partial charge in [0.25, 0.3) is 0 Å². The van der Waals surface area contributed by atoms with Gasteiger partial charge in [0.05, 0.1) is 7.11 Å². The topological polar surface area (TPSA) is 119 Å². The zero-order chi connectivity index (χ0) is 22.4. The van der Waals surface area contributed by atoms with Crippen molar-refractivity contribution in [1.29, 1.82) is 0 Å². The largest absolute Gasteiger partial charge is 0.493 e. The number of nitrogens with zero attached hydrogens (tertiary/aromatic N) is 5. The highest BCUT2D eigenvalue weighted by molar-refractivity contribution is 7.90. The molecule has 12 heteroatoms. The molecule has 164 valence electrons. The first-order valence-corrected chi connectivity index (χ1v) is 11.1. The van der Waals surface area contributed by atoms with Crippen LogP contribution >= 0.6 is 11.6 Å². The summed E-state index contributed by atoms with van der Waals surface area (Å²) in [7, 11) is -2.45. The fraction of sp³-hybridized carbons (Fsp3) is 0.263. The molecule has 0 fully saturated rings. The Morgan fingerprint density at radius 3 is 2.26 bits per heavy atom. The minimum Gasteiger partial charge on any atom is -0.493 e. The van der Waals surface area contributed by atoms with Crippen molar-refractivity contribution in [1.82, 2.24) is 24.2 Å². The van der Waals surface area contributed by atoms with E-state index < -0.39 is 10.2 Å². The third-order valence-electron chi connectivity index (χ3n) is 4.14. The lowest BCUT2D eigenvalue weighted by molar-refractivity contribution is 0.378. The monoisotopic (exact) mass is 464 g/mol. The van der Waals surface area contributed by atoms with E-state index in [1.165, 1.54) is 23.8 Å². The Morgan fingerprint density at radius 2 is 1.65 bits per heavy atom. The maximum atomic E-state index is 12.8. The molecule has 1 aromatic carbocycles. The molecule has 0 aliphatic heterocycles. The summed E-state index contributed by atoms with van der Waals surface area (Å²) >= 11 is 6.39. The zero-order valence-corrected chi connectivity index (χ0v) is 18.7. The number of nitrogens with one attached hydrogen (secondary N) is 1. The van der Waals surface area contributed by atoms with Gasteiger partial charge in [-0.15, -0.1) is 0 Å². The fourth-order valence-electron chi connectivity index (χ4n) is 2.66. The average Bonchev–Trinajstić information content (AvgIpc) is 2.77. The van der Waals surface area contributed by atoms with Crippen LogP contribution in [0.3, 0.4) is 0 Å². The molecule has 0 saturated heterocycles. The number of rotatable bonds is 9. The van der Waals surface area contributed by atoms with E-state index in [1.807, 2.05) is 0 Å². The Morgan fingerprint density at radius 1 is 1.00 bits per heavy atom. The van der Waals surface area contributed by atoms with E-state index in [-0.39, 0.29) is 41.5 Å². The van der Waals surface area contributed by atoms with Gasteiger partial charge in [0.1, 0.15) is 0 Å². The molecule has 0 atom stereocenters. The number of ether oxygens (including phenoxy) is 2. The molecule has 0 amide bonds. The van der Waals surface area contributed by atoms with E-state index in [0.29, 0.717) is 11.5 Å². The van der Waals surface area contributed by atoms with E-state index in [9.17, 15) is 8.42 Å². The van der Waals surface area contributed by atoms with Crippen LogP contribution in [0.25, 0.3) is 11.6 Å². The van der Waals surface area contributed by atoms with Crippen molar-refractivity contribution < 1.29 is 17.9 Å².